The molecular weight excluding hydrogens is 257 g/mol. The van der Waals surface area contributed by atoms with Gasteiger partial charge in [-0.05, 0) is 47.2 Å². The van der Waals surface area contributed by atoms with Gasteiger partial charge in [0.15, 0.2) is 5.82 Å². The van der Waals surface area contributed by atoms with Crippen LogP contribution in [-0.2, 0) is 0 Å². The summed E-state index contributed by atoms with van der Waals surface area (Å²) in [6, 6.07) is 12.1. The summed E-state index contributed by atoms with van der Waals surface area (Å²) >= 11 is 0. The first-order valence-corrected chi connectivity index (χ1v) is 6.06. The fraction of sp³-hybridized carbons (Fsp3) is 0.0714. The Bertz CT molecular complexity index is 766. The van der Waals surface area contributed by atoms with Crippen molar-refractivity contribution in [1.29, 1.82) is 0 Å². The molecule has 0 fully saturated rings. The van der Waals surface area contributed by atoms with Crippen LogP contribution in [0.3, 0.4) is 0 Å². The SMILES string of the molecule is Cc1ccc(-n2nnnc2-c2ccccc2N)cc1F. The van der Waals surface area contributed by atoms with Gasteiger partial charge in [0.05, 0.1) is 5.69 Å². The van der Waals surface area contributed by atoms with E-state index < -0.39 is 0 Å². The van der Waals surface area contributed by atoms with Crippen molar-refractivity contribution in [3.8, 4) is 17.1 Å². The molecule has 6 heteroatoms. The third kappa shape index (κ3) is 2.01. The molecule has 0 aliphatic carbocycles. The Kier molecular flexibility index (Phi) is 2.90. The normalized spacial score (nSPS) is 10.7. The topological polar surface area (TPSA) is 69.6 Å². The van der Waals surface area contributed by atoms with Gasteiger partial charge < -0.3 is 5.73 Å². The van der Waals surface area contributed by atoms with Crippen molar-refractivity contribution in [1.82, 2.24) is 20.2 Å². The number of halogens is 1. The van der Waals surface area contributed by atoms with Crippen molar-refractivity contribution in [2.45, 2.75) is 6.92 Å². The van der Waals surface area contributed by atoms with Crippen LogP contribution in [0.4, 0.5) is 10.1 Å². The highest BCUT2D eigenvalue weighted by atomic mass is 19.1. The van der Waals surface area contributed by atoms with Gasteiger partial charge in [-0.25, -0.2) is 4.39 Å². The second kappa shape index (κ2) is 4.73. The largest absolute Gasteiger partial charge is 0.398 e. The van der Waals surface area contributed by atoms with Gasteiger partial charge in [0, 0.05) is 11.3 Å². The fourth-order valence-corrected chi connectivity index (χ4v) is 1.94. The first kappa shape index (κ1) is 12.3. The summed E-state index contributed by atoms with van der Waals surface area (Å²) in [5, 5.41) is 11.5. The Labute approximate surface area is 114 Å². The number of hydrogen-bond donors (Lipinski definition) is 1. The Morgan fingerprint density at radius 1 is 1.15 bits per heavy atom. The molecule has 100 valence electrons. The predicted molar refractivity (Wildman–Crippen MR) is 73.7 cm³/mol. The maximum absolute atomic E-state index is 13.7. The van der Waals surface area contributed by atoms with Gasteiger partial charge >= 0.3 is 0 Å². The fourth-order valence-electron chi connectivity index (χ4n) is 1.94. The molecule has 0 aliphatic rings. The summed E-state index contributed by atoms with van der Waals surface area (Å²) in [5.74, 6) is 0.177. The predicted octanol–water partition coefficient (Wildman–Crippen LogP) is 2.36. The van der Waals surface area contributed by atoms with Crippen molar-refractivity contribution in [2.75, 3.05) is 5.73 Å². The number of benzene rings is 2. The first-order valence-electron chi connectivity index (χ1n) is 6.06. The van der Waals surface area contributed by atoms with Gasteiger partial charge in [0.25, 0.3) is 0 Å². The lowest BCUT2D eigenvalue weighted by Gasteiger charge is -2.07. The minimum atomic E-state index is -0.301. The number of nitrogen functional groups attached to an aromatic ring is 1. The van der Waals surface area contributed by atoms with E-state index in [9.17, 15) is 4.39 Å². The zero-order valence-electron chi connectivity index (χ0n) is 10.8. The Balaban J connectivity index is 2.15. The van der Waals surface area contributed by atoms with Crippen molar-refractivity contribution < 1.29 is 4.39 Å². The molecule has 1 aromatic heterocycles. The molecule has 3 aromatic rings. The number of aryl methyl sites for hydroxylation is 1. The summed E-state index contributed by atoms with van der Waals surface area (Å²) in [7, 11) is 0. The number of nitrogens with two attached hydrogens (primary N) is 1. The molecule has 0 saturated carbocycles. The average molecular weight is 269 g/mol. The number of hydrogen-bond acceptors (Lipinski definition) is 4. The van der Waals surface area contributed by atoms with Gasteiger partial charge in [-0.2, -0.15) is 4.68 Å². The molecular formula is C14H12FN5. The lowest BCUT2D eigenvalue weighted by molar-refractivity contribution is 0.615. The molecule has 2 aromatic carbocycles. The minimum Gasteiger partial charge on any atom is -0.398 e. The molecule has 3 rings (SSSR count). The van der Waals surface area contributed by atoms with Crippen LogP contribution < -0.4 is 5.73 Å². The van der Waals surface area contributed by atoms with Gasteiger partial charge in [-0.15, -0.1) is 5.10 Å². The maximum atomic E-state index is 13.7. The second-order valence-corrected chi connectivity index (χ2v) is 4.44. The van der Waals surface area contributed by atoms with E-state index in [2.05, 4.69) is 15.5 Å². The van der Waals surface area contributed by atoms with E-state index in [1.165, 1.54) is 10.7 Å². The molecule has 0 amide bonds. The summed E-state index contributed by atoms with van der Waals surface area (Å²) in [6.45, 7) is 1.70. The number of nitrogens with zero attached hydrogens (tertiary/aromatic N) is 4. The number of anilines is 1. The van der Waals surface area contributed by atoms with Crippen molar-refractivity contribution >= 4 is 5.69 Å². The molecule has 0 aliphatic heterocycles. The Morgan fingerprint density at radius 2 is 1.95 bits per heavy atom. The molecule has 0 bridgehead atoms. The zero-order valence-corrected chi connectivity index (χ0v) is 10.8. The average Bonchev–Trinajstić information content (AvgIpc) is 2.91. The van der Waals surface area contributed by atoms with Gasteiger partial charge in [0.1, 0.15) is 5.82 Å². The molecule has 0 saturated heterocycles. The number of rotatable bonds is 2. The van der Waals surface area contributed by atoms with Crippen molar-refractivity contribution in [3.05, 3.63) is 53.8 Å². The molecule has 5 nitrogen and oxygen atoms in total. The van der Waals surface area contributed by atoms with Gasteiger partial charge in [0.2, 0.25) is 0 Å². The van der Waals surface area contributed by atoms with Crippen LogP contribution >= 0.6 is 0 Å². The summed E-state index contributed by atoms with van der Waals surface area (Å²) < 4.78 is 15.1. The standard InChI is InChI=1S/C14H12FN5/c1-9-6-7-10(8-12(9)15)20-14(17-18-19-20)11-4-2-3-5-13(11)16/h2-8H,16H2,1H3. The molecule has 2 N–H and O–H groups in total. The van der Waals surface area contributed by atoms with Crippen molar-refractivity contribution in [3.63, 3.8) is 0 Å². The highest BCUT2D eigenvalue weighted by Crippen LogP contribution is 2.25. The Morgan fingerprint density at radius 3 is 2.70 bits per heavy atom. The Hall–Kier alpha value is -2.76. The number of tetrazole rings is 1. The van der Waals surface area contributed by atoms with E-state index >= 15 is 0 Å². The molecule has 0 spiro atoms. The van der Waals surface area contributed by atoms with Crippen LogP contribution in [0.2, 0.25) is 0 Å². The third-order valence-electron chi connectivity index (χ3n) is 3.07. The van der Waals surface area contributed by atoms with E-state index in [1.807, 2.05) is 18.2 Å². The maximum Gasteiger partial charge on any atom is 0.189 e. The van der Waals surface area contributed by atoms with Crippen LogP contribution in [0, 0.1) is 12.7 Å². The van der Waals surface area contributed by atoms with Gasteiger partial charge in [-0.1, -0.05) is 18.2 Å². The highest BCUT2D eigenvalue weighted by Gasteiger charge is 2.13. The summed E-state index contributed by atoms with van der Waals surface area (Å²) in [4.78, 5) is 0. The molecule has 0 unspecified atom stereocenters. The van der Waals surface area contributed by atoms with E-state index in [4.69, 9.17) is 5.73 Å². The number of para-hydroxylation sites is 1. The van der Waals surface area contributed by atoms with E-state index in [0.717, 1.165) is 0 Å². The molecule has 20 heavy (non-hydrogen) atoms. The second-order valence-electron chi connectivity index (χ2n) is 4.44. The molecule has 1 heterocycles. The van der Waals surface area contributed by atoms with Crippen LogP contribution in [0.1, 0.15) is 5.56 Å². The first-order chi connectivity index (χ1) is 9.66. The molecule has 0 radical (unpaired) electrons. The van der Waals surface area contributed by atoms with E-state index in [-0.39, 0.29) is 5.82 Å². The van der Waals surface area contributed by atoms with E-state index in [0.29, 0.717) is 28.3 Å². The van der Waals surface area contributed by atoms with Crippen LogP contribution in [0.5, 0.6) is 0 Å². The smallest absolute Gasteiger partial charge is 0.189 e. The van der Waals surface area contributed by atoms with Crippen LogP contribution in [-0.4, -0.2) is 20.2 Å². The van der Waals surface area contributed by atoms with Crippen LogP contribution in [0.25, 0.3) is 17.1 Å². The zero-order chi connectivity index (χ0) is 14.1. The minimum absolute atomic E-state index is 0.301. The number of aromatic nitrogens is 4. The van der Waals surface area contributed by atoms with Crippen LogP contribution in [0.15, 0.2) is 42.5 Å². The quantitative estimate of drug-likeness (QED) is 0.725. The highest BCUT2D eigenvalue weighted by molar-refractivity contribution is 5.72. The monoisotopic (exact) mass is 269 g/mol. The summed E-state index contributed by atoms with van der Waals surface area (Å²) in [6.07, 6.45) is 0. The van der Waals surface area contributed by atoms with Crippen molar-refractivity contribution in [2.24, 2.45) is 0 Å². The third-order valence-corrected chi connectivity index (χ3v) is 3.07. The lowest BCUT2D eigenvalue weighted by atomic mass is 10.1. The lowest BCUT2D eigenvalue weighted by Crippen LogP contribution is -2.02. The van der Waals surface area contributed by atoms with E-state index in [1.54, 1.807) is 25.1 Å². The molecule has 0 atom stereocenters. The summed E-state index contributed by atoms with van der Waals surface area (Å²) in [5.41, 5.74) is 8.33. The van der Waals surface area contributed by atoms with Gasteiger partial charge in [-0.3, -0.25) is 0 Å².